The van der Waals surface area contributed by atoms with Gasteiger partial charge in [-0.25, -0.2) is 0 Å². The SMILES string of the molecule is CC(C)(C)c1ccccc1NCC(=O)Nc1ccccc1C#N. The molecule has 0 aromatic heterocycles. The summed E-state index contributed by atoms with van der Waals surface area (Å²) < 4.78 is 0. The number of amides is 1. The van der Waals surface area contributed by atoms with Crippen molar-refractivity contribution in [1.29, 1.82) is 5.26 Å². The van der Waals surface area contributed by atoms with Crippen molar-refractivity contribution < 1.29 is 4.79 Å². The van der Waals surface area contributed by atoms with Gasteiger partial charge in [0.05, 0.1) is 17.8 Å². The van der Waals surface area contributed by atoms with Gasteiger partial charge in [-0.3, -0.25) is 4.79 Å². The van der Waals surface area contributed by atoms with Crippen LogP contribution in [0.3, 0.4) is 0 Å². The van der Waals surface area contributed by atoms with Crippen molar-refractivity contribution in [2.45, 2.75) is 26.2 Å². The number of nitriles is 1. The first-order valence-corrected chi connectivity index (χ1v) is 7.54. The predicted molar refractivity (Wildman–Crippen MR) is 93.4 cm³/mol. The highest BCUT2D eigenvalue weighted by Crippen LogP contribution is 2.29. The molecule has 1 amide bonds. The molecule has 0 heterocycles. The lowest BCUT2D eigenvalue weighted by Gasteiger charge is -2.23. The topological polar surface area (TPSA) is 64.9 Å². The Morgan fingerprint density at radius 3 is 2.30 bits per heavy atom. The van der Waals surface area contributed by atoms with Gasteiger partial charge in [0.15, 0.2) is 0 Å². The number of carbonyl (C=O) groups is 1. The summed E-state index contributed by atoms with van der Waals surface area (Å²) in [5, 5.41) is 15.0. The summed E-state index contributed by atoms with van der Waals surface area (Å²) >= 11 is 0. The standard InChI is InChI=1S/C19H21N3O/c1-19(2,3)15-9-5-7-11-17(15)21-13-18(23)22-16-10-6-4-8-14(16)12-20/h4-11,21H,13H2,1-3H3,(H,22,23). The Bertz CT molecular complexity index is 739. The van der Waals surface area contributed by atoms with E-state index in [1.165, 1.54) is 0 Å². The van der Waals surface area contributed by atoms with Crippen LogP contribution in [0.4, 0.5) is 11.4 Å². The van der Waals surface area contributed by atoms with E-state index in [4.69, 9.17) is 5.26 Å². The number of anilines is 2. The van der Waals surface area contributed by atoms with Gasteiger partial charge in [0.2, 0.25) is 5.91 Å². The van der Waals surface area contributed by atoms with Crippen molar-refractivity contribution in [3.8, 4) is 6.07 Å². The fourth-order valence-electron chi connectivity index (χ4n) is 2.35. The van der Waals surface area contributed by atoms with E-state index in [1.807, 2.05) is 18.2 Å². The van der Waals surface area contributed by atoms with E-state index in [-0.39, 0.29) is 17.9 Å². The van der Waals surface area contributed by atoms with Crippen LogP contribution in [-0.2, 0) is 10.2 Å². The normalized spacial score (nSPS) is 10.7. The van der Waals surface area contributed by atoms with E-state index >= 15 is 0 Å². The number of nitrogens with zero attached hydrogens (tertiary/aromatic N) is 1. The van der Waals surface area contributed by atoms with Crippen molar-refractivity contribution in [1.82, 2.24) is 0 Å². The first-order valence-electron chi connectivity index (χ1n) is 7.54. The second kappa shape index (κ2) is 6.97. The van der Waals surface area contributed by atoms with Crippen LogP contribution < -0.4 is 10.6 Å². The van der Waals surface area contributed by atoms with Gasteiger partial charge in [-0.05, 0) is 29.2 Å². The summed E-state index contributed by atoms with van der Waals surface area (Å²) in [6.45, 7) is 6.55. The monoisotopic (exact) mass is 307 g/mol. The number of rotatable bonds is 4. The molecule has 23 heavy (non-hydrogen) atoms. The minimum Gasteiger partial charge on any atom is -0.376 e. The number of carbonyl (C=O) groups excluding carboxylic acids is 1. The highest BCUT2D eigenvalue weighted by atomic mass is 16.1. The van der Waals surface area contributed by atoms with Crippen LogP contribution in [0, 0.1) is 11.3 Å². The molecule has 0 aliphatic rings. The molecular weight excluding hydrogens is 286 g/mol. The molecule has 2 aromatic rings. The Balaban J connectivity index is 2.05. The van der Waals surface area contributed by atoms with Gasteiger partial charge in [0.25, 0.3) is 0 Å². The van der Waals surface area contributed by atoms with E-state index in [2.05, 4.69) is 43.5 Å². The number of hydrogen-bond donors (Lipinski definition) is 2. The summed E-state index contributed by atoms with van der Waals surface area (Å²) in [4.78, 5) is 12.1. The molecular formula is C19H21N3O. The third-order valence-electron chi connectivity index (χ3n) is 3.50. The molecule has 4 nitrogen and oxygen atoms in total. The largest absolute Gasteiger partial charge is 0.376 e. The molecule has 0 fully saturated rings. The number of para-hydroxylation sites is 2. The first kappa shape index (κ1) is 16.6. The van der Waals surface area contributed by atoms with Crippen molar-refractivity contribution in [3.05, 3.63) is 59.7 Å². The van der Waals surface area contributed by atoms with E-state index < -0.39 is 0 Å². The molecule has 0 atom stereocenters. The average Bonchev–Trinajstić information content (AvgIpc) is 2.53. The van der Waals surface area contributed by atoms with Crippen molar-refractivity contribution in [2.75, 3.05) is 17.2 Å². The van der Waals surface area contributed by atoms with Crippen LogP contribution in [-0.4, -0.2) is 12.5 Å². The Kier molecular flexibility index (Phi) is 5.02. The summed E-state index contributed by atoms with van der Waals surface area (Å²) in [7, 11) is 0. The third kappa shape index (κ3) is 4.33. The molecule has 0 aliphatic carbocycles. The van der Waals surface area contributed by atoms with E-state index in [1.54, 1.807) is 24.3 Å². The summed E-state index contributed by atoms with van der Waals surface area (Å²) in [5.74, 6) is -0.184. The van der Waals surface area contributed by atoms with Crippen LogP contribution in [0.25, 0.3) is 0 Å². The lowest BCUT2D eigenvalue weighted by Crippen LogP contribution is -2.24. The lowest BCUT2D eigenvalue weighted by molar-refractivity contribution is -0.114. The number of nitrogens with one attached hydrogen (secondary N) is 2. The molecule has 0 bridgehead atoms. The molecule has 0 saturated carbocycles. The quantitative estimate of drug-likeness (QED) is 0.900. The smallest absolute Gasteiger partial charge is 0.243 e. The summed E-state index contributed by atoms with van der Waals surface area (Å²) in [6.07, 6.45) is 0. The molecule has 4 heteroatoms. The Morgan fingerprint density at radius 1 is 1.04 bits per heavy atom. The van der Waals surface area contributed by atoms with Crippen LogP contribution in [0.1, 0.15) is 31.9 Å². The third-order valence-corrected chi connectivity index (χ3v) is 3.50. The predicted octanol–water partition coefficient (Wildman–Crippen LogP) is 3.91. The van der Waals surface area contributed by atoms with Gasteiger partial charge >= 0.3 is 0 Å². The Labute approximate surface area is 137 Å². The molecule has 0 unspecified atom stereocenters. The summed E-state index contributed by atoms with van der Waals surface area (Å²) in [5.41, 5.74) is 3.09. The maximum Gasteiger partial charge on any atom is 0.243 e. The minimum absolute atomic E-state index is 0.00647. The molecule has 0 aliphatic heterocycles. The molecule has 2 N–H and O–H groups in total. The second-order valence-electron chi connectivity index (χ2n) is 6.35. The van der Waals surface area contributed by atoms with E-state index in [9.17, 15) is 4.79 Å². The zero-order valence-corrected chi connectivity index (χ0v) is 13.7. The van der Waals surface area contributed by atoms with Crippen molar-refractivity contribution in [2.24, 2.45) is 0 Å². The molecule has 0 radical (unpaired) electrons. The Hall–Kier alpha value is -2.80. The molecule has 2 rings (SSSR count). The van der Waals surface area contributed by atoms with Crippen LogP contribution in [0.2, 0.25) is 0 Å². The van der Waals surface area contributed by atoms with Gasteiger partial charge in [-0.2, -0.15) is 5.26 Å². The minimum atomic E-state index is -0.184. The van der Waals surface area contributed by atoms with Gasteiger partial charge in [-0.15, -0.1) is 0 Å². The van der Waals surface area contributed by atoms with Gasteiger partial charge in [-0.1, -0.05) is 51.1 Å². The van der Waals surface area contributed by atoms with Crippen LogP contribution >= 0.6 is 0 Å². The van der Waals surface area contributed by atoms with Gasteiger partial charge in [0, 0.05) is 5.69 Å². The molecule has 118 valence electrons. The summed E-state index contributed by atoms with van der Waals surface area (Å²) in [6, 6.07) is 17.0. The zero-order valence-electron chi connectivity index (χ0n) is 13.7. The molecule has 0 saturated heterocycles. The second-order valence-corrected chi connectivity index (χ2v) is 6.35. The first-order chi connectivity index (χ1) is 10.9. The molecule has 2 aromatic carbocycles. The number of hydrogen-bond acceptors (Lipinski definition) is 3. The van der Waals surface area contributed by atoms with Crippen molar-refractivity contribution >= 4 is 17.3 Å². The van der Waals surface area contributed by atoms with E-state index in [0.29, 0.717) is 11.3 Å². The van der Waals surface area contributed by atoms with Crippen LogP contribution in [0.5, 0.6) is 0 Å². The van der Waals surface area contributed by atoms with Crippen LogP contribution in [0.15, 0.2) is 48.5 Å². The maximum atomic E-state index is 12.1. The highest BCUT2D eigenvalue weighted by Gasteiger charge is 2.17. The van der Waals surface area contributed by atoms with Gasteiger partial charge in [0.1, 0.15) is 6.07 Å². The number of benzene rings is 2. The average molecular weight is 307 g/mol. The Morgan fingerprint density at radius 2 is 1.65 bits per heavy atom. The maximum absolute atomic E-state index is 12.1. The van der Waals surface area contributed by atoms with Gasteiger partial charge < -0.3 is 10.6 Å². The molecule has 0 spiro atoms. The zero-order chi connectivity index (χ0) is 16.9. The fraction of sp³-hybridized carbons (Fsp3) is 0.263. The van der Waals surface area contributed by atoms with Crippen molar-refractivity contribution in [3.63, 3.8) is 0 Å². The lowest BCUT2D eigenvalue weighted by atomic mass is 9.86. The van der Waals surface area contributed by atoms with E-state index in [0.717, 1.165) is 11.3 Å². The highest BCUT2D eigenvalue weighted by molar-refractivity contribution is 5.95. The fourth-order valence-corrected chi connectivity index (χ4v) is 2.35.